The van der Waals surface area contributed by atoms with E-state index in [1.54, 1.807) is 24.3 Å². The van der Waals surface area contributed by atoms with Crippen molar-refractivity contribution in [3.05, 3.63) is 118 Å². The third kappa shape index (κ3) is 6.95. The highest BCUT2D eigenvalue weighted by Crippen LogP contribution is 2.38. The predicted octanol–water partition coefficient (Wildman–Crippen LogP) is 6.09. The molecule has 10 heteroatoms. The molecule has 1 aliphatic carbocycles. The van der Waals surface area contributed by atoms with Crippen molar-refractivity contribution in [2.75, 3.05) is 18.1 Å². The Morgan fingerprint density at radius 1 is 0.979 bits per heavy atom. The van der Waals surface area contributed by atoms with Gasteiger partial charge in [0.2, 0.25) is 11.8 Å². The summed E-state index contributed by atoms with van der Waals surface area (Å²) in [4.78, 5) is 57.4. The lowest BCUT2D eigenvalue weighted by Crippen LogP contribution is -2.31. The second kappa shape index (κ2) is 14.0. The van der Waals surface area contributed by atoms with Crippen LogP contribution in [0.3, 0.4) is 0 Å². The van der Waals surface area contributed by atoms with Gasteiger partial charge < -0.3 is 9.47 Å². The molecule has 0 radical (unpaired) electrons. The summed E-state index contributed by atoms with van der Waals surface area (Å²) in [5.41, 5.74) is 4.51. The molecule has 2 heterocycles. The van der Waals surface area contributed by atoms with E-state index in [9.17, 15) is 24.4 Å². The summed E-state index contributed by atoms with van der Waals surface area (Å²) in [6.07, 6.45) is 2.46. The minimum absolute atomic E-state index is 0.0410. The van der Waals surface area contributed by atoms with Crippen molar-refractivity contribution < 1.29 is 28.7 Å². The standard InChI is InChI=1S/C37H31N3O6S/c1-2-45-30-15-10-24(11-16-30)32(41)22-46-37(44)25-8-13-29(14-9-25)40-34(42)20-33(36(40)43)47-35-28(21-38)19-27-18-26(12-17-31(27)39-35)23-6-4-3-5-7-23/h3-11,13-16,19,26,33H,2,12,17-18,20,22H2,1H3. The quantitative estimate of drug-likeness (QED) is 0.114. The van der Waals surface area contributed by atoms with Crippen molar-refractivity contribution in [2.45, 2.75) is 48.8 Å². The van der Waals surface area contributed by atoms with Crippen LogP contribution in [0.4, 0.5) is 5.69 Å². The number of carbonyl (C=O) groups excluding carboxylic acids is 4. The van der Waals surface area contributed by atoms with Crippen molar-refractivity contribution in [1.29, 1.82) is 5.26 Å². The number of Topliss-reactive ketones (excluding diaryl/α,β-unsaturated/α-hetero) is 1. The van der Waals surface area contributed by atoms with E-state index >= 15 is 0 Å². The smallest absolute Gasteiger partial charge is 0.338 e. The van der Waals surface area contributed by atoms with Crippen molar-refractivity contribution in [1.82, 2.24) is 4.98 Å². The van der Waals surface area contributed by atoms with Gasteiger partial charge >= 0.3 is 5.97 Å². The van der Waals surface area contributed by atoms with Gasteiger partial charge in [0.25, 0.3) is 0 Å². The van der Waals surface area contributed by atoms with E-state index in [1.807, 2.05) is 31.2 Å². The van der Waals surface area contributed by atoms with Gasteiger partial charge in [-0.2, -0.15) is 5.26 Å². The normalized spacial score (nSPS) is 17.1. The number of benzene rings is 3. The van der Waals surface area contributed by atoms with E-state index in [-0.39, 0.29) is 23.7 Å². The van der Waals surface area contributed by atoms with Crippen molar-refractivity contribution >= 4 is 41.0 Å². The van der Waals surface area contributed by atoms with Gasteiger partial charge in [-0.1, -0.05) is 42.1 Å². The van der Waals surface area contributed by atoms with Gasteiger partial charge in [-0.25, -0.2) is 14.7 Å². The molecule has 1 saturated heterocycles. The predicted molar refractivity (Wildman–Crippen MR) is 176 cm³/mol. The molecule has 47 heavy (non-hydrogen) atoms. The molecule has 6 rings (SSSR count). The van der Waals surface area contributed by atoms with Crippen LogP contribution in [0.25, 0.3) is 0 Å². The lowest BCUT2D eigenvalue weighted by atomic mass is 9.82. The largest absolute Gasteiger partial charge is 0.494 e. The fourth-order valence-corrected chi connectivity index (χ4v) is 6.97. The van der Waals surface area contributed by atoms with E-state index < -0.39 is 23.7 Å². The number of carbonyl (C=O) groups is 4. The molecule has 0 spiro atoms. The molecule has 4 aromatic rings. The van der Waals surface area contributed by atoms with E-state index in [0.717, 1.165) is 47.2 Å². The summed E-state index contributed by atoms with van der Waals surface area (Å²) >= 11 is 1.14. The molecule has 2 unspecified atom stereocenters. The summed E-state index contributed by atoms with van der Waals surface area (Å²) in [5, 5.41) is 9.64. The number of hydrogen-bond acceptors (Lipinski definition) is 9. The highest BCUT2D eigenvalue weighted by atomic mass is 32.2. The number of rotatable bonds is 10. The number of hydrogen-bond donors (Lipinski definition) is 0. The van der Waals surface area contributed by atoms with Crippen LogP contribution in [0.15, 0.2) is 90.0 Å². The fraction of sp³-hybridized carbons (Fsp3) is 0.243. The summed E-state index contributed by atoms with van der Waals surface area (Å²) in [5.74, 6) is -0.867. The third-order valence-corrected chi connectivity index (χ3v) is 9.47. The molecular formula is C37H31N3O6S. The molecule has 3 aromatic carbocycles. The van der Waals surface area contributed by atoms with E-state index in [4.69, 9.17) is 14.5 Å². The van der Waals surface area contributed by atoms with Crippen LogP contribution in [-0.4, -0.2) is 47.0 Å². The summed E-state index contributed by atoms with van der Waals surface area (Å²) in [7, 11) is 0. The number of thioether (sulfide) groups is 1. The molecule has 236 valence electrons. The van der Waals surface area contributed by atoms with Gasteiger partial charge in [-0.3, -0.25) is 14.4 Å². The number of aryl methyl sites for hydroxylation is 1. The second-order valence-electron chi connectivity index (χ2n) is 11.3. The second-order valence-corrected chi connectivity index (χ2v) is 12.5. The fourth-order valence-electron chi connectivity index (χ4n) is 5.88. The number of amides is 2. The Morgan fingerprint density at radius 3 is 2.40 bits per heavy atom. The number of ether oxygens (including phenoxy) is 2. The molecule has 9 nitrogen and oxygen atoms in total. The van der Waals surface area contributed by atoms with Crippen molar-refractivity contribution in [3.63, 3.8) is 0 Å². The molecule has 1 fully saturated rings. The van der Waals surface area contributed by atoms with Gasteiger partial charge in [-0.15, -0.1) is 0 Å². The van der Waals surface area contributed by atoms with Gasteiger partial charge in [0, 0.05) is 17.7 Å². The van der Waals surface area contributed by atoms with E-state index in [1.165, 1.54) is 29.8 Å². The first-order chi connectivity index (χ1) is 22.8. The number of imide groups is 1. The Morgan fingerprint density at radius 2 is 1.70 bits per heavy atom. The number of aromatic nitrogens is 1. The van der Waals surface area contributed by atoms with Crippen LogP contribution in [0.5, 0.6) is 5.75 Å². The van der Waals surface area contributed by atoms with Crippen molar-refractivity contribution in [2.24, 2.45) is 0 Å². The average Bonchev–Trinajstić information content (AvgIpc) is 3.38. The van der Waals surface area contributed by atoms with E-state index in [0.29, 0.717) is 40.1 Å². The summed E-state index contributed by atoms with van der Waals surface area (Å²) in [6, 6.07) is 26.9. The van der Waals surface area contributed by atoms with Gasteiger partial charge in [0.1, 0.15) is 16.8 Å². The van der Waals surface area contributed by atoms with Crippen LogP contribution in [0.2, 0.25) is 0 Å². The Bertz CT molecular complexity index is 1870. The zero-order valence-corrected chi connectivity index (χ0v) is 26.5. The Balaban J connectivity index is 1.08. The Kier molecular flexibility index (Phi) is 9.45. The Labute approximate surface area is 276 Å². The lowest BCUT2D eigenvalue weighted by Gasteiger charge is -2.25. The molecule has 1 aromatic heterocycles. The third-order valence-electron chi connectivity index (χ3n) is 8.29. The maximum atomic E-state index is 13.4. The molecular weight excluding hydrogens is 614 g/mol. The molecule has 2 amide bonds. The molecule has 2 aliphatic rings. The topological polar surface area (TPSA) is 127 Å². The number of nitrogens with zero attached hydrogens (tertiary/aromatic N) is 3. The first-order valence-corrected chi connectivity index (χ1v) is 16.3. The zero-order chi connectivity index (χ0) is 32.9. The zero-order valence-electron chi connectivity index (χ0n) is 25.7. The lowest BCUT2D eigenvalue weighted by molar-refractivity contribution is -0.121. The summed E-state index contributed by atoms with van der Waals surface area (Å²) in [6.45, 7) is 1.93. The average molecular weight is 646 g/mol. The SMILES string of the molecule is CCOc1ccc(C(=O)COC(=O)c2ccc(N3C(=O)CC(Sc4nc5c(cc4C#N)CC(c4ccccc4)CC5)C3=O)cc2)cc1. The number of pyridine rings is 1. The van der Waals surface area contributed by atoms with Crippen LogP contribution in [0.1, 0.15) is 68.8 Å². The molecule has 1 aliphatic heterocycles. The van der Waals surface area contributed by atoms with Crippen LogP contribution in [-0.2, 0) is 27.2 Å². The number of nitriles is 1. The van der Waals surface area contributed by atoms with Crippen molar-refractivity contribution in [3.8, 4) is 11.8 Å². The van der Waals surface area contributed by atoms with E-state index in [2.05, 4.69) is 18.2 Å². The number of ketones is 1. The first kappa shape index (κ1) is 31.7. The van der Waals surface area contributed by atoms with Gasteiger partial charge in [0.05, 0.1) is 28.7 Å². The molecule has 0 bridgehead atoms. The van der Waals surface area contributed by atoms with Gasteiger partial charge in [0.15, 0.2) is 12.4 Å². The molecule has 2 atom stereocenters. The first-order valence-electron chi connectivity index (χ1n) is 15.4. The summed E-state index contributed by atoms with van der Waals surface area (Å²) < 4.78 is 10.6. The minimum Gasteiger partial charge on any atom is -0.494 e. The molecule has 0 saturated carbocycles. The highest BCUT2D eigenvalue weighted by molar-refractivity contribution is 8.00. The molecule has 0 N–H and O–H groups in total. The van der Waals surface area contributed by atoms with Crippen LogP contribution >= 0.6 is 11.8 Å². The highest BCUT2D eigenvalue weighted by Gasteiger charge is 2.41. The van der Waals surface area contributed by atoms with Gasteiger partial charge in [-0.05, 0) is 97.8 Å². The monoisotopic (exact) mass is 645 g/mol. The Hall–Kier alpha value is -5.27. The number of anilines is 1. The maximum Gasteiger partial charge on any atom is 0.338 e. The number of fused-ring (bicyclic) bond motifs is 1. The van der Waals surface area contributed by atoms with Crippen LogP contribution < -0.4 is 9.64 Å². The van der Waals surface area contributed by atoms with Crippen LogP contribution in [0, 0.1) is 11.3 Å². The minimum atomic E-state index is -0.737. The maximum absolute atomic E-state index is 13.4. The number of esters is 1.